The topological polar surface area (TPSA) is 55.1 Å². The van der Waals surface area contributed by atoms with E-state index >= 15 is 0 Å². The minimum atomic E-state index is -0.571. The number of carbonyl (C=O) groups is 1. The summed E-state index contributed by atoms with van der Waals surface area (Å²) in [7, 11) is 0. The van der Waals surface area contributed by atoms with Crippen molar-refractivity contribution in [3.63, 3.8) is 0 Å². The molecule has 0 spiro atoms. The number of nitrogens with two attached hydrogens (primary N) is 1. The number of carbonyl (C=O) groups excluding carboxylic acids is 1. The van der Waals surface area contributed by atoms with Crippen LogP contribution in [0.1, 0.15) is 10.9 Å². The molecule has 0 aliphatic heterocycles. The molecule has 2 rings (SSSR count). The van der Waals surface area contributed by atoms with Crippen molar-refractivity contribution in [3.05, 3.63) is 50.1 Å². The second-order valence-corrected chi connectivity index (χ2v) is 5.86. The van der Waals surface area contributed by atoms with Gasteiger partial charge < -0.3 is 11.1 Å². The second-order valence-electron chi connectivity index (χ2n) is 3.62. The number of benzene rings is 1. The molecule has 3 N–H and O–H groups in total. The smallest absolute Gasteiger partial charge is 0.245 e. The Hall–Kier alpha value is -1.04. The van der Waals surface area contributed by atoms with Crippen molar-refractivity contribution in [2.24, 2.45) is 5.73 Å². The van der Waals surface area contributed by atoms with Gasteiger partial charge in [0.15, 0.2) is 0 Å². The summed E-state index contributed by atoms with van der Waals surface area (Å²) in [4.78, 5) is 12.4. The van der Waals surface area contributed by atoms with Crippen LogP contribution in [0.5, 0.6) is 0 Å². The Morgan fingerprint density at radius 2 is 2.22 bits per heavy atom. The first-order valence-electron chi connectivity index (χ1n) is 5.12. The van der Waals surface area contributed by atoms with Crippen LogP contribution in [0.2, 0.25) is 5.02 Å². The molecule has 94 valence electrons. The highest BCUT2D eigenvalue weighted by atomic mass is 79.9. The summed E-state index contributed by atoms with van der Waals surface area (Å²) in [6.07, 6.45) is 0. The molecule has 0 bridgehead atoms. The standard InChI is InChI=1S/C12H10BrClN2OS/c13-9-4-5-18-11(9)10(12(15)17)16-8-3-1-2-7(14)6-8/h1-6,10,16H,(H2,15,17). The third-order valence-electron chi connectivity index (χ3n) is 2.33. The lowest BCUT2D eigenvalue weighted by Gasteiger charge is -2.16. The van der Waals surface area contributed by atoms with Crippen molar-refractivity contribution in [3.8, 4) is 0 Å². The predicted molar refractivity (Wildman–Crippen MR) is 79.0 cm³/mol. The Morgan fingerprint density at radius 1 is 1.44 bits per heavy atom. The number of anilines is 1. The number of thiophene rings is 1. The van der Waals surface area contributed by atoms with Gasteiger partial charge in [-0.15, -0.1) is 11.3 Å². The van der Waals surface area contributed by atoms with Crippen molar-refractivity contribution in [1.82, 2.24) is 0 Å². The highest BCUT2D eigenvalue weighted by molar-refractivity contribution is 9.10. The van der Waals surface area contributed by atoms with Gasteiger partial charge in [0.05, 0.1) is 4.88 Å². The first-order valence-corrected chi connectivity index (χ1v) is 7.17. The lowest BCUT2D eigenvalue weighted by molar-refractivity contribution is -0.118. The van der Waals surface area contributed by atoms with Crippen molar-refractivity contribution < 1.29 is 4.79 Å². The average molecular weight is 346 g/mol. The molecule has 0 aliphatic carbocycles. The summed E-state index contributed by atoms with van der Waals surface area (Å²) in [6.45, 7) is 0. The molecule has 1 unspecified atom stereocenters. The zero-order valence-corrected chi connectivity index (χ0v) is 12.3. The van der Waals surface area contributed by atoms with E-state index in [1.54, 1.807) is 12.1 Å². The van der Waals surface area contributed by atoms with E-state index in [9.17, 15) is 4.79 Å². The fraction of sp³-hybridized carbons (Fsp3) is 0.0833. The maximum atomic E-state index is 11.6. The third kappa shape index (κ3) is 3.04. The van der Waals surface area contributed by atoms with Crippen molar-refractivity contribution >= 4 is 50.5 Å². The van der Waals surface area contributed by atoms with E-state index in [1.165, 1.54) is 11.3 Å². The second kappa shape index (κ2) is 5.73. The number of hydrogen-bond donors (Lipinski definition) is 2. The fourth-order valence-corrected chi connectivity index (χ4v) is 3.37. The van der Waals surface area contributed by atoms with E-state index in [1.807, 2.05) is 23.6 Å². The van der Waals surface area contributed by atoms with Gasteiger partial charge in [-0.05, 0) is 45.6 Å². The molecule has 18 heavy (non-hydrogen) atoms. The minimum Gasteiger partial charge on any atom is -0.369 e. The average Bonchev–Trinajstić information content (AvgIpc) is 2.72. The van der Waals surface area contributed by atoms with Crippen LogP contribution in [-0.2, 0) is 4.79 Å². The number of halogens is 2. The molecule has 1 atom stereocenters. The molecule has 6 heteroatoms. The van der Waals surface area contributed by atoms with Gasteiger partial charge in [-0.3, -0.25) is 4.79 Å². The summed E-state index contributed by atoms with van der Waals surface area (Å²) in [5, 5.41) is 5.59. The van der Waals surface area contributed by atoms with Crippen LogP contribution in [0.15, 0.2) is 40.2 Å². The van der Waals surface area contributed by atoms with Crippen LogP contribution in [0.25, 0.3) is 0 Å². The molecular formula is C12H10BrClN2OS. The Morgan fingerprint density at radius 3 is 2.78 bits per heavy atom. The van der Waals surface area contributed by atoms with Gasteiger partial charge in [0.1, 0.15) is 6.04 Å². The summed E-state index contributed by atoms with van der Waals surface area (Å²) >= 11 is 10.8. The molecule has 1 aromatic heterocycles. The highest BCUT2D eigenvalue weighted by Gasteiger charge is 2.21. The van der Waals surface area contributed by atoms with Crippen molar-refractivity contribution in [2.45, 2.75) is 6.04 Å². The Labute approximate surface area is 122 Å². The lowest BCUT2D eigenvalue weighted by atomic mass is 10.2. The molecule has 0 aliphatic rings. The number of nitrogens with one attached hydrogen (secondary N) is 1. The molecule has 0 saturated carbocycles. The number of hydrogen-bond acceptors (Lipinski definition) is 3. The summed E-state index contributed by atoms with van der Waals surface area (Å²) in [5.74, 6) is -0.432. The molecule has 2 aromatic rings. The van der Waals surface area contributed by atoms with E-state index in [4.69, 9.17) is 17.3 Å². The van der Waals surface area contributed by atoms with Crippen molar-refractivity contribution in [2.75, 3.05) is 5.32 Å². The first kappa shape index (κ1) is 13.4. The Bertz CT molecular complexity index is 573. The molecule has 0 fully saturated rings. The predicted octanol–water partition coefficient (Wildman–Crippen LogP) is 3.80. The van der Waals surface area contributed by atoms with Crippen LogP contribution < -0.4 is 11.1 Å². The fourth-order valence-electron chi connectivity index (χ4n) is 1.52. The van der Waals surface area contributed by atoms with Crippen LogP contribution in [0.4, 0.5) is 5.69 Å². The molecule has 1 amide bonds. The zero-order valence-electron chi connectivity index (χ0n) is 9.19. The van der Waals surface area contributed by atoms with Gasteiger partial charge in [-0.25, -0.2) is 0 Å². The van der Waals surface area contributed by atoms with Crippen LogP contribution >= 0.6 is 38.9 Å². The first-order chi connectivity index (χ1) is 8.58. The van der Waals surface area contributed by atoms with E-state index in [0.717, 1.165) is 15.0 Å². The van der Waals surface area contributed by atoms with E-state index < -0.39 is 11.9 Å². The molecule has 0 radical (unpaired) electrons. The van der Waals surface area contributed by atoms with E-state index in [0.29, 0.717) is 5.02 Å². The van der Waals surface area contributed by atoms with E-state index in [2.05, 4.69) is 21.2 Å². The van der Waals surface area contributed by atoms with Crippen LogP contribution in [-0.4, -0.2) is 5.91 Å². The van der Waals surface area contributed by atoms with Crippen molar-refractivity contribution in [1.29, 1.82) is 0 Å². The highest BCUT2D eigenvalue weighted by Crippen LogP contribution is 2.31. The Kier molecular flexibility index (Phi) is 4.27. The van der Waals surface area contributed by atoms with Gasteiger partial charge in [0.25, 0.3) is 0 Å². The van der Waals surface area contributed by atoms with Gasteiger partial charge >= 0.3 is 0 Å². The van der Waals surface area contributed by atoms with Gasteiger partial charge in [-0.2, -0.15) is 0 Å². The normalized spacial score (nSPS) is 12.1. The number of rotatable bonds is 4. The van der Waals surface area contributed by atoms with E-state index in [-0.39, 0.29) is 0 Å². The quantitative estimate of drug-likeness (QED) is 0.885. The maximum absolute atomic E-state index is 11.6. The molecule has 0 saturated heterocycles. The molecule has 1 aromatic carbocycles. The SMILES string of the molecule is NC(=O)C(Nc1cccc(Cl)c1)c1sccc1Br. The number of amides is 1. The minimum absolute atomic E-state index is 0.432. The molecule has 1 heterocycles. The lowest BCUT2D eigenvalue weighted by Crippen LogP contribution is -2.27. The third-order valence-corrected chi connectivity index (χ3v) is 4.50. The van der Waals surface area contributed by atoms with Crippen LogP contribution in [0, 0.1) is 0 Å². The number of primary amides is 1. The van der Waals surface area contributed by atoms with Crippen LogP contribution in [0.3, 0.4) is 0 Å². The Balaban J connectivity index is 2.28. The summed E-state index contributed by atoms with van der Waals surface area (Å²) in [5.41, 5.74) is 6.19. The maximum Gasteiger partial charge on any atom is 0.245 e. The van der Waals surface area contributed by atoms with Gasteiger partial charge in [0, 0.05) is 15.2 Å². The summed E-state index contributed by atoms with van der Waals surface area (Å²) in [6, 6.07) is 8.48. The molecule has 3 nitrogen and oxygen atoms in total. The van der Waals surface area contributed by atoms with Gasteiger partial charge in [-0.1, -0.05) is 17.7 Å². The largest absolute Gasteiger partial charge is 0.369 e. The van der Waals surface area contributed by atoms with Gasteiger partial charge in [0.2, 0.25) is 5.91 Å². The zero-order chi connectivity index (χ0) is 13.1. The summed E-state index contributed by atoms with van der Waals surface area (Å²) < 4.78 is 0.867. The monoisotopic (exact) mass is 344 g/mol. The molecular weight excluding hydrogens is 336 g/mol.